The van der Waals surface area contributed by atoms with Gasteiger partial charge in [-0.25, -0.2) is 0 Å². The third-order valence-corrected chi connectivity index (χ3v) is 2.75. The second-order valence-corrected chi connectivity index (χ2v) is 4.15. The summed E-state index contributed by atoms with van der Waals surface area (Å²) in [6, 6.07) is 14.8. The number of hydrogen-bond acceptors (Lipinski definition) is 2. The minimum Gasteiger partial charge on any atom is -0.354 e. The lowest BCUT2D eigenvalue weighted by Crippen LogP contribution is -1.95. The average Bonchev–Trinajstić information content (AvgIpc) is 2.32. The first kappa shape index (κ1) is 11.7. The largest absolute Gasteiger partial charge is 0.354 e. The molecule has 0 unspecified atom stereocenters. The fourth-order valence-corrected chi connectivity index (χ4v) is 1.72. The van der Waals surface area contributed by atoms with E-state index < -0.39 is 0 Å². The van der Waals surface area contributed by atoms with Gasteiger partial charge in [0.1, 0.15) is 0 Å². The van der Waals surface area contributed by atoms with Crippen LogP contribution in [-0.2, 0) is 0 Å². The van der Waals surface area contributed by atoms with Gasteiger partial charge in [0.2, 0.25) is 0 Å². The van der Waals surface area contributed by atoms with Crippen LogP contribution in [0.2, 0.25) is 5.02 Å². The van der Waals surface area contributed by atoms with Gasteiger partial charge in [0.15, 0.2) is 5.78 Å². The summed E-state index contributed by atoms with van der Waals surface area (Å²) in [6.45, 7) is 1.55. The number of carbonyl (C=O) groups excluding carboxylic acids is 1. The molecule has 0 radical (unpaired) electrons. The molecule has 0 aromatic heterocycles. The molecule has 0 aliphatic rings. The zero-order valence-electron chi connectivity index (χ0n) is 9.41. The number of nitrogens with one attached hydrogen (secondary N) is 1. The van der Waals surface area contributed by atoms with Crippen LogP contribution in [0.1, 0.15) is 17.3 Å². The summed E-state index contributed by atoms with van der Waals surface area (Å²) >= 11 is 6.05. The van der Waals surface area contributed by atoms with Crippen molar-refractivity contribution >= 4 is 28.8 Å². The number of hydrogen-bond donors (Lipinski definition) is 1. The Morgan fingerprint density at radius 2 is 1.88 bits per heavy atom. The Bertz CT molecular complexity index is 551. The van der Waals surface area contributed by atoms with Gasteiger partial charge in [-0.3, -0.25) is 4.79 Å². The van der Waals surface area contributed by atoms with E-state index in [1.54, 1.807) is 13.0 Å². The maximum atomic E-state index is 11.3. The summed E-state index contributed by atoms with van der Waals surface area (Å²) in [7, 11) is 0. The third-order valence-electron chi connectivity index (χ3n) is 2.42. The van der Waals surface area contributed by atoms with Crippen LogP contribution < -0.4 is 5.32 Å². The van der Waals surface area contributed by atoms with Crippen molar-refractivity contribution in [3.05, 3.63) is 59.1 Å². The standard InChI is InChI=1S/C14H12ClNO/c1-10(17)11-5-4-6-12(9-11)16-14-8-3-2-7-13(14)15/h2-9,16H,1H3. The molecule has 0 amide bonds. The van der Waals surface area contributed by atoms with Gasteiger partial charge in [0.25, 0.3) is 0 Å². The molecule has 2 rings (SSSR count). The first-order valence-electron chi connectivity index (χ1n) is 5.29. The van der Waals surface area contributed by atoms with E-state index >= 15 is 0 Å². The fourth-order valence-electron chi connectivity index (χ4n) is 1.53. The van der Waals surface area contributed by atoms with E-state index in [1.165, 1.54) is 0 Å². The molecule has 0 heterocycles. The molecular formula is C14H12ClNO. The monoisotopic (exact) mass is 245 g/mol. The third kappa shape index (κ3) is 2.86. The Labute approximate surface area is 105 Å². The summed E-state index contributed by atoms with van der Waals surface area (Å²) in [4.78, 5) is 11.3. The number of benzene rings is 2. The lowest BCUT2D eigenvalue weighted by molar-refractivity contribution is 0.101. The highest BCUT2D eigenvalue weighted by Gasteiger charge is 2.02. The normalized spacial score (nSPS) is 10.0. The summed E-state index contributed by atoms with van der Waals surface area (Å²) in [5, 5.41) is 3.84. The van der Waals surface area contributed by atoms with Crippen molar-refractivity contribution in [3.8, 4) is 0 Å². The number of anilines is 2. The van der Waals surface area contributed by atoms with Gasteiger partial charge in [0.05, 0.1) is 10.7 Å². The molecule has 2 aromatic carbocycles. The summed E-state index contributed by atoms with van der Waals surface area (Å²) in [5.74, 6) is 0.0489. The van der Waals surface area contributed by atoms with E-state index in [2.05, 4.69) is 5.32 Å². The first-order chi connectivity index (χ1) is 8.16. The molecule has 0 spiro atoms. The zero-order chi connectivity index (χ0) is 12.3. The molecule has 0 saturated heterocycles. The molecular weight excluding hydrogens is 234 g/mol. The molecule has 0 atom stereocenters. The SMILES string of the molecule is CC(=O)c1cccc(Nc2ccccc2Cl)c1. The predicted molar refractivity (Wildman–Crippen MR) is 71.2 cm³/mol. The molecule has 86 valence electrons. The minimum absolute atomic E-state index is 0.0489. The van der Waals surface area contributed by atoms with Crippen LogP contribution in [0.15, 0.2) is 48.5 Å². The fraction of sp³-hybridized carbons (Fsp3) is 0.0714. The molecule has 0 saturated carbocycles. The van der Waals surface area contributed by atoms with Crippen LogP contribution in [0.5, 0.6) is 0 Å². The molecule has 17 heavy (non-hydrogen) atoms. The van der Waals surface area contributed by atoms with E-state index in [9.17, 15) is 4.79 Å². The number of Topliss-reactive ketones (excluding diaryl/α,β-unsaturated/α-hetero) is 1. The Kier molecular flexibility index (Phi) is 3.45. The number of para-hydroxylation sites is 1. The van der Waals surface area contributed by atoms with Crippen molar-refractivity contribution in [1.82, 2.24) is 0 Å². The molecule has 2 aromatic rings. The Morgan fingerprint density at radius 3 is 2.59 bits per heavy atom. The highest BCUT2D eigenvalue weighted by atomic mass is 35.5. The highest BCUT2D eigenvalue weighted by Crippen LogP contribution is 2.25. The number of rotatable bonds is 3. The summed E-state index contributed by atoms with van der Waals surface area (Å²) in [5.41, 5.74) is 2.36. The maximum absolute atomic E-state index is 11.3. The first-order valence-corrected chi connectivity index (χ1v) is 5.67. The Hall–Kier alpha value is -1.80. The van der Waals surface area contributed by atoms with Gasteiger partial charge >= 0.3 is 0 Å². The van der Waals surface area contributed by atoms with Crippen LogP contribution in [0, 0.1) is 0 Å². The highest BCUT2D eigenvalue weighted by molar-refractivity contribution is 6.33. The van der Waals surface area contributed by atoms with Crippen molar-refractivity contribution in [2.45, 2.75) is 6.92 Å². The van der Waals surface area contributed by atoms with Gasteiger partial charge in [-0.1, -0.05) is 35.9 Å². The van der Waals surface area contributed by atoms with Crippen molar-refractivity contribution in [1.29, 1.82) is 0 Å². The van der Waals surface area contributed by atoms with Gasteiger partial charge in [-0.2, -0.15) is 0 Å². The number of halogens is 1. The zero-order valence-corrected chi connectivity index (χ0v) is 10.2. The van der Waals surface area contributed by atoms with E-state index in [-0.39, 0.29) is 5.78 Å². The second kappa shape index (κ2) is 5.02. The molecule has 0 bridgehead atoms. The van der Waals surface area contributed by atoms with Gasteiger partial charge in [0, 0.05) is 11.3 Å². The molecule has 1 N–H and O–H groups in total. The van der Waals surface area contributed by atoms with Gasteiger partial charge in [-0.05, 0) is 31.2 Å². The molecule has 2 nitrogen and oxygen atoms in total. The van der Waals surface area contributed by atoms with E-state index in [0.717, 1.165) is 11.4 Å². The lowest BCUT2D eigenvalue weighted by Gasteiger charge is -2.08. The molecule has 0 aliphatic carbocycles. The van der Waals surface area contributed by atoms with Gasteiger partial charge < -0.3 is 5.32 Å². The maximum Gasteiger partial charge on any atom is 0.159 e. The van der Waals surface area contributed by atoms with E-state index in [1.807, 2.05) is 42.5 Å². The summed E-state index contributed by atoms with van der Waals surface area (Å²) in [6.07, 6.45) is 0. The van der Waals surface area contributed by atoms with Crippen LogP contribution in [0.25, 0.3) is 0 Å². The average molecular weight is 246 g/mol. The Balaban J connectivity index is 2.28. The smallest absolute Gasteiger partial charge is 0.159 e. The van der Waals surface area contributed by atoms with Crippen molar-refractivity contribution in [2.75, 3.05) is 5.32 Å². The molecule has 0 aliphatic heterocycles. The van der Waals surface area contributed by atoms with Crippen LogP contribution >= 0.6 is 11.6 Å². The Morgan fingerprint density at radius 1 is 1.12 bits per heavy atom. The summed E-state index contributed by atoms with van der Waals surface area (Å²) < 4.78 is 0. The van der Waals surface area contributed by atoms with Crippen LogP contribution in [0.4, 0.5) is 11.4 Å². The van der Waals surface area contributed by atoms with Crippen molar-refractivity contribution < 1.29 is 4.79 Å². The predicted octanol–water partition coefficient (Wildman–Crippen LogP) is 4.29. The number of ketones is 1. The van der Waals surface area contributed by atoms with E-state index in [0.29, 0.717) is 10.6 Å². The molecule has 3 heteroatoms. The minimum atomic E-state index is 0.0489. The van der Waals surface area contributed by atoms with Gasteiger partial charge in [-0.15, -0.1) is 0 Å². The van der Waals surface area contributed by atoms with Crippen LogP contribution in [0.3, 0.4) is 0 Å². The quantitative estimate of drug-likeness (QED) is 0.818. The van der Waals surface area contributed by atoms with Crippen molar-refractivity contribution in [2.24, 2.45) is 0 Å². The topological polar surface area (TPSA) is 29.1 Å². The lowest BCUT2D eigenvalue weighted by atomic mass is 10.1. The van der Waals surface area contributed by atoms with E-state index in [4.69, 9.17) is 11.6 Å². The second-order valence-electron chi connectivity index (χ2n) is 3.74. The molecule has 0 fully saturated rings. The van der Waals surface area contributed by atoms with Crippen LogP contribution in [-0.4, -0.2) is 5.78 Å². The number of carbonyl (C=O) groups is 1. The van der Waals surface area contributed by atoms with Crippen molar-refractivity contribution in [3.63, 3.8) is 0 Å².